The molecular formula is C25H33F3N2O5. The first-order valence-electron chi connectivity index (χ1n) is 12.2. The van der Waals surface area contributed by atoms with Gasteiger partial charge in [-0.25, -0.2) is 4.79 Å². The molecule has 1 atom stereocenters. The van der Waals surface area contributed by atoms with E-state index in [9.17, 15) is 27.9 Å². The Morgan fingerprint density at radius 2 is 1.80 bits per heavy atom. The smallest absolute Gasteiger partial charge is 0.425 e. The predicted octanol–water partition coefficient (Wildman–Crippen LogP) is 4.76. The van der Waals surface area contributed by atoms with E-state index in [1.54, 1.807) is 0 Å². The Balaban J connectivity index is 1.39. The highest BCUT2D eigenvalue weighted by Crippen LogP contribution is 2.46. The molecule has 1 amide bonds. The average Bonchev–Trinajstić information content (AvgIpc) is 3.51. The number of likely N-dealkylation sites (tertiary alicyclic amines) is 2. The maximum Gasteiger partial charge on any atom is 0.425 e. The summed E-state index contributed by atoms with van der Waals surface area (Å²) in [7, 11) is 0. The normalized spacial score (nSPS) is 22.1. The van der Waals surface area contributed by atoms with Crippen molar-refractivity contribution in [2.45, 2.75) is 76.7 Å². The van der Waals surface area contributed by atoms with Gasteiger partial charge >= 0.3 is 18.2 Å². The summed E-state index contributed by atoms with van der Waals surface area (Å²) >= 11 is 0. The number of halogens is 3. The highest BCUT2D eigenvalue weighted by atomic mass is 19.4. The second-order valence-electron chi connectivity index (χ2n) is 10.3. The van der Waals surface area contributed by atoms with Crippen LogP contribution in [-0.4, -0.2) is 71.0 Å². The largest absolute Gasteiger partial charge is 0.492 e. The molecule has 1 unspecified atom stereocenters. The van der Waals surface area contributed by atoms with Crippen LogP contribution in [-0.2, 0) is 16.1 Å². The molecule has 1 N–H and O–H groups in total. The number of amides is 1. The topological polar surface area (TPSA) is 79.3 Å². The van der Waals surface area contributed by atoms with Crippen molar-refractivity contribution in [3.8, 4) is 5.75 Å². The lowest BCUT2D eigenvalue weighted by Gasteiger charge is -2.45. The summed E-state index contributed by atoms with van der Waals surface area (Å²) in [4.78, 5) is 27.5. The highest BCUT2D eigenvalue weighted by molar-refractivity contribution is 5.78. The number of rotatable bonds is 7. The number of carbonyl (C=O) groups excluding carboxylic acids is 1. The molecule has 2 heterocycles. The monoisotopic (exact) mass is 498 g/mol. The van der Waals surface area contributed by atoms with Crippen LogP contribution in [0.15, 0.2) is 18.2 Å². The minimum absolute atomic E-state index is 0.132. The lowest BCUT2D eigenvalue weighted by molar-refractivity contribution is -0.200. The van der Waals surface area contributed by atoms with E-state index in [0.29, 0.717) is 51.1 Å². The Labute approximate surface area is 203 Å². The van der Waals surface area contributed by atoms with Gasteiger partial charge in [-0.05, 0) is 70.5 Å². The third-order valence-corrected chi connectivity index (χ3v) is 7.83. The van der Waals surface area contributed by atoms with Crippen molar-refractivity contribution in [2.75, 3.05) is 26.2 Å². The van der Waals surface area contributed by atoms with Gasteiger partial charge in [0.15, 0.2) is 6.10 Å². The van der Waals surface area contributed by atoms with Crippen LogP contribution in [0.3, 0.4) is 0 Å². The third kappa shape index (κ3) is 5.52. The van der Waals surface area contributed by atoms with Gasteiger partial charge in [0.05, 0.1) is 0 Å². The standard InChI is InChI=1S/C25H33F3N2O5/c1-17-4-5-19(20(14-17)34-16-23(7-8-23)21(31)32)15-30-11-3-6-24(30)9-12-29(13-10-24)22(33)35-18(2)25(26,27)28/h4-5,14,18H,3,6-13,15-16H2,1-2H3,(H,31,32). The van der Waals surface area contributed by atoms with Gasteiger partial charge in [-0.15, -0.1) is 0 Å². The van der Waals surface area contributed by atoms with Crippen LogP contribution >= 0.6 is 0 Å². The first-order valence-corrected chi connectivity index (χ1v) is 12.2. The zero-order valence-electron chi connectivity index (χ0n) is 20.2. The Kier molecular flexibility index (Phi) is 6.96. The zero-order valence-corrected chi connectivity index (χ0v) is 20.2. The number of aryl methyl sites for hydroxylation is 1. The summed E-state index contributed by atoms with van der Waals surface area (Å²) in [6.07, 6.45) is -3.11. The molecule has 35 heavy (non-hydrogen) atoms. The zero-order chi connectivity index (χ0) is 25.4. The van der Waals surface area contributed by atoms with Gasteiger partial charge in [-0.3, -0.25) is 9.69 Å². The van der Waals surface area contributed by atoms with Crippen molar-refractivity contribution in [3.63, 3.8) is 0 Å². The van der Waals surface area contributed by atoms with Crippen molar-refractivity contribution in [1.82, 2.24) is 9.80 Å². The summed E-state index contributed by atoms with van der Waals surface area (Å²) in [5.41, 5.74) is 1.10. The SMILES string of the molecule is Cc1ccc(CN2CCCC23CCN(C(=O)OC(C)C(F)(F)F)CC3)c(OCC2(C(=O)O)CC2)c1. The molecule has 1 aromatic carbocycles. The second-order valence-corrected chi connectivity index (χ2v) is 10.3. The van der Waals surface area contributed by atoms with Gasteiger partial charge in [0.25, 0.3) is 0 Å². The van der Waals surface area contributed by atoms with Gasteiger partial charge in [0.1, 0.15) is 17.8 Å². The van der Waals surface area contributed by atoms with E-state index in [4.69, 9.17) is 4.74 Å². The number of hydrogen-bond donors (Lipinski definition) is 1. The van der Waals surface area contributed by atoms with Crippen LogP contribution in [0.1, 0.15) is 56.6 Å². The predicted molar refractivity (Wildman–Crippen MR) is 121 cm³/mol. The molecule has 1 saturated carbocycles. The minimum Gasteiger partial charge on any atom is -0.492 e. The van der Waals surface area contributed by atoms with E-state index >= 15 is 0 Å². The Morgan fingerprint density at radius 1 is 1.11 bits per heavy atom. The van der Waals surface area contributed by atoms with Crippen molar-refractivity contribution < 1.29 is 37.3 Å². The molecule has 7 nitrogen and oxygen atoms in total. The second kappa shape index (κ2) is 9.52. The van der Waals surface area contributed by atoms with Gasteiger partial charge in [-0.2, -0.15) is 13.2 Å². The van der Waals surface area contributed by atoms with Crippen molar-refractivity contribution >= 4 is 12.1 Å². The number of carbonyl (C=O) groups is 2. The Bertz CT molecular complexity index is 955. The summed E-state index contributed by atoms with van der Waals surface area (Å²) in [5.74, 6) is -0.123. The van der Waals surface area contributed by atoms with Crippen molar-refractivity contribution in [1.29, 1.82) is 0 Å². The van der Waals surface area contributed by atoms with Crippen molar-refractivity contribution in [3.05, 3.63) is 29.3 Å². The summed E-state index contributed by atoms with van der Waals surface area (Å²) in [5, 5.41) is 9.47. The molecule has 3 aliphatic rings. The number of hydrogen-bond acceptors (Lipinski definition) is 5. The lowest BCUT2D eigenvalue weighted by atomic mass is 9.85. The molecule has 0 radical (unpaired) electrons. The maximum atomic E-state index is 12.8. The number of nitrogens with zero attached hydrogens (tertiary/aromatic N) is 2. The molecule has 1 aromatic rings. The quantitative estimate of drug-likeness (QED) is 0.584. The first kappa shape index (κ1) is 25.6. The average molecular weight is 499 g/mol. The Hall–Kier alpha value is -2.49. The Morgan fingerprint density at radius 3 is 2.40 bits per heavy atom. The van der Waals surface area contributed by atoms with Gasteiger partial charge in [0, 0.05) is 30.7 Å². The fourth-order valence-electron chi connectivity index (χ4n) is 5.12. The van der Waals surface area contributed by atoms with E-state index < -0.39 is 29.8 Å². The van der Waals surface area contributed by atoms with Crippen LogP contribution in [0.2, 0.25) is 0 Å². The number of ether oxygens (including phenoxy) is 2. The number of benzene rings is 1. The number of alkyl halides is 3. The summed E-state index contributed by atoms with van der Waals surface area (Å²) < 4.78 is 48.9. The molecular weight excluding hydrogens is 465 g/mol. The van der Waals surface area contributed by atoms with Crippen LogP contribution in [0.5, 0.6) is 5.75 Å². The van der Waals surface area contributed by atoms with E-state index in [-0.39, 0.29) is 12.1 Å². The molecule has 194 valence electrons. The number of carboxylic acid groups (broad SMARTS) is 1. The number of aliphatic carboxylic acids is 1. The molecule has 2 aliphatic heterocycles. The molecule has 10 heteroatoms. The third-order valence-electron chi connectivity index (χ3n) is 7.83. The molecule has 1 spiro atoms. The lowest BCUT2D eigenvalue weighted by Crippen LogP contribution is -2.53. The molecule has 0 aromatic heterocycles. The highest BCUT2D eigenvalue weighted by Gasteiger charge is 2.51. The van der Waals surface area contributed by atoms with Crippen LogP contribution < -0.4 is 4.74 Å². The molecule has 3 fully saturated rings. The van der Waals surface area contributed by atoms with E-state index in [2.05, 4.69) is 9.64 Å². The number of piperidine rings is 1. The first-order chi connectivity index (χ1) is 16.4. The van der Waals surface area contributed by atoms with E-state index in [1.165, 1.54) is 4.90 Å². The minimum atomic E-state index is -4.58. The van der Waals surface area contributed by atoms with Crippen LogP contribution in [0.4, 0.5) is 18.0 Å². The molecule has 1 aliphatic carbocycles. The van der Waals surface area contributed by atoms with Crippen molar-refractivity contribution in [2.24, 2.45) is 5.41 Å². The fourth-order valence-corrected chi connectivity index (χ4v) is 5.12. The van der Waals surface area contributed by atoms with Crippen LogP contribution in [0.25, 0.3) is 0 Å². The summed E-state index contributed by atoms with van der Waals surface area (Å²) in [6, 6.07) is 5.97. The number of carboxylic acids is 1. The molecule has 4 rings (SSSR count). The molecule has 0 bridgehead atoms. The van der Waals surface area contributed by atoms with Crippen LogP contribution in [0, 0.1) is 12.3 Å². The van der Waals surface area contributed by atoms with Gasteiger partial charge < -0.3 is 19.5 Å². The summed E-state index contributed by atoms with van der Waals surface area (Å²) in [6.45, 7) is 5.15. The fraction of sp³-hybridized carbons (Fsp3) is 0.680. The van der Waals surface area contributed by atoms with Gasteiger partial charge in [0.2, 0.25) is 0 Å². The molecule has 2 saturated heterocycles. The maximum absolute atomic E-state index is 12.8. The van der Waals surface area contributed by atoms with Gasteiger partial charge in [-0.1, -0.05) is 12.1 Å². The van der Waals surface area contributed by atoms with E-state index in [0.717, 1.165) is 37.4 Å². The van der Waals surface area contributed by atoms with E-state index in [1.807, 2.05) is 25.1 Å².